The summed E-state index contributed by atoms with van der Waals surface area (Å²) < 4.78 is 78.7. The number of hydrogen-bond acceptors (Lipinski definition) is 7. The van der Waals surface area contributed by atoms with Crippen molar-refractivity contribution in [3.8, 4) is 0 Å². The molecule has 0 radical (unpaired) electrons. The van der Waals surface area contributed by atoms with E-state index < -0.39 is 35.1 Å². The first kappa shape index (κ1) is 29.0. The van der Waals surface area contributed by atoms with Crippen LogP contribution in [0.2, 0.25) is 0 Å². The van der Waals surface area contributed by atoms with E-state index in [9.17, 15) is 35.9 Å². The fourth-order valence-electron chi connectivity index (χ4n) is 4.69. The molecule has 4 rings (SSSR count). The minimum atomic E-state index is -4.90. The van der Waals surface area contributed by atoms with Gasteiger partial charge in [-0.05, 0) is 24.1 Å². The third kappa shape index (κ3) is 6.08. The predicted octanol–water partition coefficient (Wildman–Crippen LogP) is 3.36. The fraction of sp³-hybridized carbons (Fsp3) is 0.400. The minimum Gasteiger partial charge on any atom is -0.338 e. The Morgan fingerprint density at radius 2 is 1.75 bits per heavy atom. The predicted molar refractivity (Wildman–Crippen MR) is 132 cm³/mol. The summed E-state index contributed by atoms with van der Waals surface area (Å²) in [4.78, 5) is 37.5. The molecule has 1 atom stereocenters. The highest BCUT2D eigenvalue weighted by atomic mass is 19.4. The molecule has 0 aromatic carbocycles. The summed E-state index contributed by atoms with van der Waals surface area (Å²) in [5.41, 5.74) is -2.52. The van der Waals surface area contributed by atoms with Crippen molar-refractivity contribution in [2.24, 2.45) is 0 Å². The quantitative estimate of drug-likeness (QED) is 0.533. The molecule has 1 fully saturated rings. The highest BCUT2D eigenvalue weighted by Crippen LogP contribution is 2.38. The third-order valence-electron chi connectivity index (χ3n) is 6.62. The molecule has 0 spiro atoms. The van der Waals surface area contributed by atoms with E-state index in [2.05, 4.69) is 21.6 Å². The lowest BCUT2D eigenvalue weighted by Gasteiger charge is -2.36. The Morgan fingerprint density at radius 1 is 1.10 bits per heavy atom. The van der Waals surface area contributed by atoms with Gasteiger partial charge >= 0.3 is 12.4 Å². The van der Waals surface area contributed by atoms with Crippen LogP contribution in [0.5, 0.6) is 0 Å². The summed E-state index contributed by atoms with van der Waals surface area (Å²) in [6, 6.07) is -0.182. The maximum atomic E-state index is 13.4. The van der Waals surface area contributed by atoms with Crippen LogP contribution in [0, 0.1) is 0 Å². The lowest BCUT2D eigenvalue weighted by molar-refractivity contribution is -0.139. The summed E-state index contributed by atoms with van der Waals surface area (Å²) >= 11 is 0. The number of carbonyl (C=O) groups excluding carboxylic acids is 1. The summed E-state index contributed by atoms with van der Waals surface area (Å²) in [5.74, 6) is -0.191. The largest absolute Gasteiger partial charge is 0.421 e. The van der Waals surface area contributed by atoms with Crippen LogP contribution < -0.4 is 10.5 Å². The maximum Gasteiger partial charge on any atom is 0.421 e. The van der Waals surface area contributed by atoms with Crippen molar-refractivity contribution in [2.75, 3.05) is 44.2 Å². The Hall–Kier alpha value is -4.01. The topological polar surface area (TPSA) is 98.3 Å². The van der Waals surface area contributed by atoms with Gasteiger partial charge < -0.3 is 9.80 Å². The molecule has 0 aliphatic carbocycles. The number of aromatic amines is 1. The van der Waals surface area contributed by atoms with Gasteiger partial charge in [0.05, 0.1) is 23.8 Å². The number of carbonyl (C=O) groups is 1. The summed E-state index contributed by atoms with van der Waals surface area (Å²) in [5, 5.41) is 5.77. The molecule has 2 aliphatic heterocycles. The van der Waals surface area contributed by atoms with Crippen LogP contribution in [0.1, 0.15) is 29.8 Å². The van der Waals surface area contributed by atoms with Gasteiger partial charge in [-0.25, -0.2) is 15.1 Å². The van der Waals surface area contributed by atoms with Crippen LogP contribution in [0.25, 0.3) is 0 Å². The van der Waals surface area contributed by atoms with Gasteiger partial charge in [-0.2, -0.15) is 31.4 Å². The van der Waals surface area contributed by atoms with E-state index in [1.165, 1.54) is 6.08 Å². The lowest BCUT2D eigenvalue weighted by Crippen LogP contribution is -2.51. The number of rotatable bonds is 6. The molecule has 15 heteroatoms. The Bertz CT molecular complexity index is 1370. The number of piperazine rings is 1. The van der Waals surface area contributed by atoms with E-state index in [-0.39, 0.29) is 56.8 Å². The van der Waals surface area contributed by atoms with Crippen molar-refractivity contribution in [1.82, 2.24) is 30.0 Å². The van der Waals surface area contributed by atoms with Crippen LogP contribution >= 0.6 is 0 Å². The van der Waals surface area contributed by atoms with Crippen LogP contribution in [0.15, 0.2) is 59.2 Å². The lowest BCUT2D eigenvalue weighted by atomic mass is 10.0. The van der Waals surface area contributed by atoms with E-state index in [1.807, 2.05) is 5.10 Å². The van der Waals surface area contributed by atoms with Crippen LogP contribution in [-0.4, -0.2) is 75.1 Å². The van der Waals surface area contributed by atoms with Gasteiger partial charge in [-0.15, -0.1) is 0 Å². The molecule has 2 aromatic heterocycles. The van der Waals surface area contributed by atoms with Crippen molar-refractivity contribution < 1.29 is 31.1 Å². The maximum absolute atomic E-state index is 13.4. The Morgan fingerprint density at radius 3 is 2.30 bits per heavy atom. The van der Waals surface area contributed by atoms with Crippen molar-refractivity contribution >= 4 is 11.9 Å². The number of allylic oxidation sites excluding steroid dienone is 1. The van der Waals surface area contributed by atoms with Crippen LogP contribution in [-0.2, 0) is 17.1 Å². The Kier molecular flexibility index (Phi) is 8.14. The summed E-state index contributed by atoms with van der Waals surface area (Å²) in [6.45, 7) is 6.64. The van der Waals surface area contributed by atoms with Crippen molar-refractivity contribution in [3.63, 3.8) is 0 Å². The van der Waals surface area contributed by atoms with Gasteiger partial charge in [-0.3, -0.25) is 14.5 Å². The molecule has 1 N–H and O–H groups in total. The fourth-order valence-corrected chi connectivity index (χ4v) is 4.69. The van der Waals surface area contributed by atoms with E-state index in [4.69, 9.17) is 0 Å². The second-order valence-corrected chi connectivity index (χ2v) is 9.16. The molecular formula is C25H25F6N7O2. The summed E-state index contributed by atoms with van der Waals surface area (Å²) in [6.07, 6.45) is -3.02. The number of aromatic nitrogens is 4. The number of amides is 1. The monoisotopic (exact) mass is 569 g/mol. The zero-order valence-electron chi connectivity index (χ0n) is 21.3. The molecule has 214 valence electrons. The van der Waals surface area contributed by atoms with Crippen LogP contribution in [0.4, 0.5) is 32.3 Å². The number of nitrogens with one attached hydrogen (secondary N) is 1. The molecule has 2 aliphatic rings. The van der Waals surface area contributed by atoms with Gasteiger partial charge in [0.15, 0.2) is 0 Å². The number of hydrogen-bond donors (Lipinski definition) is 1. The molecule has 1 unspecified atom stereocenters. The van der Waals surface area contributed by atoms with Crippen molar-refractivity contribution in [1.29, 1.82) is 0 Å². The van der Waals surface area contributed by atoms with E-state index in [0.29, 0.717) is 24.0 Å². The second-order valence-electron chi connectivity index (χ2n) is 9.16. The molecule has 0 bridgehead atoms. The first-order valence-electron chi connectivity index (χ1n) is 12.1. The minimum absolute atomic E-state index is 0.0848. The molecule has 4 heterocycles. The van der Waals surface area contributed by atoms with E-state index in [1.54, 1.807) is 33.8 Å². The average Bonchev–Trinajstić information content (AvgIpc) is 3.24. The Labute approximate surface area is 224 Å². The zero-order chi connectivity index (χ0) is 29.2. The number of halogens is 6. The molecule has 9 nitrogen and oxygen atoms in total. The first-order chi connectivity index (χ1) is 18.8. The SMILES string of the molecule is C=CC1=C(/C=C\C)CN(CC(=O)N2CCN(c3ncc(C(F)(F)F)cn3)CC2)C1c1cc(C(F)(F)F)c(=O)[nH]n1. The highest BCUT2D eigenvalue weighted by Gasteiger charge is 2.39. The smallest absolute Gasteiger partial charge is 0.338 e. The Balaban J connectivity index is 1.50. The number of H-pyrrole nitrogens is 1. The molecule has 40 heavy (non-hydrogen) atoms. The second kappa shape index (κ2) is 11.2. The average molecular weight is 570 g/mol. The number of anilines is 1. The molecule has 2 aromatic rings. The highest BCUT2D eigenvalue weighted by molar-refractivity contribution is 5.79. The van der Waals surface area contributed by atoms with Gasteiger partial charge in [0.25, 0.3) is 5.56 Å². The summed E-state index contributed by atoms with van der Waals surface area (Å²) in [7, 11) is 0. The van der Waals surface area contributed by atoms with Crippen molar-refractivity contribution in [3.05, 3.63) is 81.6 Å². The standard InChI is InChI=1S/C25H25F6N7O2/c1-3-5-15-13-38(21(17(15)4-2)19-10-18(25(29,30)31)22(40)35-34-19)14-20(39)36-6-8-37(9-7-36)23-32-11-16(12-33-23)24(26,27)28/h3-5,10-12,21H,2,6-9,13-14H2,1H3,(H,35,40)/b5-3-. The van der Waals surface area contributed by atoms with Gasteiger partial charge in [0.1, 0.15) is 5.56 Å². The number of alkyl halides is 6. The van der Waals surface area contributed by atoms with Crippen molar-refractivity contribution in [2.45, 2.75) is 25.3 Å². The normalized spacial score (nSPS) is 19.1. The van der Waals surface area contributed by atoms with Gasteiger partial charge in [0, 0.05) is 45.1 Å². The third-order valence-corrected chi connectivity index (χ3v) is 6.62. The van der Waals surface area contributed by atoms with Crippen LogP contribution in [0.3, 0.4) is 0 Å². The van der Waals surface area contributed by atoms with E-state index in [0.717, 1.165) is 5.57 Å². The zero-order valence-corrected chi connectivity index (χ0v) is 21.3. The van der Waals surface area contributed by atoms with E-state index >= 15 is 0 Å². The molecule has 1 amide bonds. The number of nitrogens with zero attached hydrogens (tertiary/aromatic N) is 6. The van der Waals surface area contributed by atoms with Gasteiger partial charge in [-0.1, -0.05) is 24.8 Å². The van der Waals surface area contributed by atoms with Gasteiger partial charge in [0.2, 0.25) is 11.9 Å². The molecular weight excluding hydrogens is 544 g/mol. The molecule has 0 saturated carbocycles. The first-order valence-corrected chi connectivity index (χ1v) is 12.1. The molecule has 1 saturated heterocycles.